The highest BCUT2D eigenvalue weighted by Gasteiger charge is 2.10. The molecule has 7 heteroatoms. The molecule has 0 spiro atoms. The van der Waals surface area contributed by atoms with Gasteiger partial charge >= 0.3 is 0 Å². The molecule has 0 unspecified atom stereocenters. The topological polar surface area (TPSA) is 54.9 Å². The van der Waals surface area contributed by atoms with E-state index in [1.165, 1.54) is 23.1 Å². The molecule has 0 aliphatic carbocycles. The van der Waals surface area contributed by atoms with Crippen molar-refractivity contribution in [2.75, 3.05) is 11.1 Å². The normalized spacial score (nSPS) is 10.9. The molecule has 0 aliphatic rings. The first-order valence-electron chi connectivity index (χ1n) is 7.09. The summed E-state index contributed by atoms with van der Waals surface area (Å²) in [6.07, 6.45) is 0.816. The Bertz CT molecular complexity index is 845. The smallest absolute Gasteiger partial charge is 0.236 e. The summed E-state index contributed by atoms with van der Waals surface area (Å²) >= 11 is 9.16. The van der Waals surface area contributed by atoms with E-state index in [-0.39, 0.29) is 5.91 Å². The standard InChI is InChI=1S/C16H14ClN3OS2/c1-2-14-19-20-16(23-14)18-13(21)9-22-12-8-4-6-10-5-3-7-11(17)15(10)12/h3-8H,2,9H2,1H3,(H,18,20,21). The van der Waals surface area contributed by atoms with Gasteiger partial charge in [-0.2, -0.15) is 0 Å². The van der Waals surface area contributed by atoms with Crippen molar-refractivity contribution in [2.24, 2.45) is 0 Å². The van der Waals surface area contributed by atoms with Crippen LogP contribution in [0.5, 0.6) is 0 Å². The van der Waals surface area contributed by atoms with Gasteiger partial charge in [0.25, 0.3) is 0 Å². The Labute approximate surface area is 147 Å². The fourth-order valence-corrected chi connectivity index (χ4v) is 4.07. The maximum Gasteiger partial charge on any atom is 0.236 e. The lowest BCUT2D eigenvalue weighted by molar-refractivity contribution is -0.113. The first-order valence-corrected chi connectivity index (χ1v) is 9.27. The van der Waals surface area contributed by atoms with Crippen LogP contribution in [-0.4, -0.2) is 21.9 Å². The number of nitrogens with one attached hydrogen (secondary N) is 1. The fourth-order valence-electron chi connectivity index (χ4n) is 2.13. The molecule has 3 aromatic rings. The Kier molecular flexibility index (Phi) is 5.15. The molecule has 0 saturated heterocycles. The molecular weight excluding hydrogens is 350 g/mol. The van der Waals surface area contributed by atoms with Crippen molar-refractivity contribution in [1.29, 1.82) is 0 Å². The molecule has 0 bridgehead atoms. The van der Waals surface area contributed by atoms with Crippen LogP contribution in [0.4, 0.5) is 5.13 Å². The van der Waals surface area contributed by atoms with E-state index >= 15 is 0 Å². The van der Waals surface area contributed by atoms with Crippen LogP contribution >= 0.6 is 34.7 Å². The largest absolute Gasteiger partial charge is 0.300 e. The average Bonchev–Trinajstić information content (AvgIpc) is 3.00. The van der Waals surface area contributed by atoms with Gasteiger partial charge in [0.1, 0.15) is 5.01 Å². The van der Waals surface area contributed by atoms with E-state index in [0.717, 1.165) is 27.1 Å². The number of rotatable bonds is 5. The van der Waals surface area contributed by atoms with Crippen LogP contribution in [0.2, 0.25) is 5.02 Å². The van der Waals surface area contributed by atoms with E-state index in [4.69, 9.17) is 11.6 Å². The van der Waals surface area contributed by atoms with Crippen molar-refractivity contribution in [3.05, 3.63) is 46.4 Å². The van der Waals surface area contributed by atoms with Crippen molar-refractivity contribution in [3.8, 4) is 0 Å². The highest BCUT2D eigenvalue weighted by atomic mass is 35.5. The number of aryl methyl sites for hydroxylation is 1. The maximum atomic E-state index is 12.1. The summed E-state index contributed by atoms with van der Waals surface area (Å²) in [6.45, 7) is 2.01. The summed E-state index contributed by atoms with van der Waals surface area (Å²) in [5.41, 5.74) is 0. The molecule has 1 aromatic heterocycles. The van der Waals surface area contributed by atoms with Gasteiger partial charge in [0.2, 0.25) is 11.0 Å². The maximum absolute atomic E-state index is 12.1. The third kappa shape index (κ3) is 3.83. The molecule has 4 nitrogen and oxygen atoms in total. The second kappa shape index (κ2) is 7.29. The van der Waals surface area contributed by atoms with Gasteiger partial charge in [-0.3, -0.25) is 10.1 Å². The quantitative estimate of drug-likeness (QED) is 0.671. The van der Waals surface area contributed by atoms with Crippen molar-refractivity contribution in [1.82, 2.24) is 10.2 Å². The number of carbonyl (C=O) groups is 1. The molecule has 118 valence electrons. The molecule has 23 heavy (non-hydrogen) atoms. The number of nitrogens with zero attached hydrogens (tertiary/aromatic N) is 2. The predicted molar refractivity (Wildman–Crippen MR) is 97.6 cm³/mol. The van der Waals surface area contributed by atoms with Gasteiger partial charge in [-0.05, 0) is 23.9 Å². The number of carbonyl (C=O) groups excluding carboxylic acids is 1. The molecular formula is C16H14ClN3OS2. The molecule has 0 fully saturated rings. The van der Waals surface area contributed by atoms with Crippen molar-refractivity contribution in [3.63, 3.8) is 0 Å². The second-order valence-electron chi connectivity index (χ2n) is 4.79. The monoisotopic (exact) mass is 363 g/mol. The van der Waals surface area contributed by atoms with Crippen LogP contribution in [0.15, 0.2) is 41.3 Å². The molecule has 1 amide bonds. The second-order valence-corrected chi connectivity index (χ2v) is 7.27. The van der Waals surface area contributed by atoms with Crippen LogP contribution in [0.3, 0.4) is 0 Å². The number of anilines is 1. The van der Waals surface area contributed by atoms with E-state index in [9.17, 15) is 4.79 Å². The number of hydrogen-bond acceptors (Lipinski definition) is 5. The van der Waals surface area contributed by atoms with Crippen molar-refractivity contribution in [2.45, 2.75) is 18.2 Å². The minimum Gasteiger partial charge on any atom is -0.300 e. The molecule has 1 N–H and O–H groups in total. The summed E-state index contributed by atoms with van der Waals surface area (Å²) in [5, 5.41) is 14.9. The van der Waals surface area contributed by atoms with Crippen LogP contribution in [-0.2, 0) is 11.2 Å². The Balaban J connectivity index is 1.69. The lowest BCUT2D eigenvalue weighted by Crippen LogP contribution is -2.13. The minimum absolute atomic E-state index is 0.0992. The Hall–Kier alpha value is -1.63. The van der Waals surface area contributed by atoms with Gasteiger partial charge in [0.05, 0.1) is 5.75 Å². The number of thioether (sulfide) groups is 1. The Morgan fingerprint density at radius 2 is 2.04 bits per heavy atom. The zero-order chi connectivity index (χ0) is 16.2. The number of fused-ring (bicyclic) bond motifs is 1. The molecule has 2 aromatic carbocycles. The molecule has 0 aliphatic heterocycles. The zero-order valence-electron chi connectivity index (χ0n) is 12.4. The number of amides is 1. The minimum atomic E-state index is -0.0992. The van der Waals surface area contributed by atoms with Gasteiger partial charge in [-0.15, -0.1) is 22.0 Å². The van der Waals surface area contributed by atoms with E-state index in [1.807, 2.05) is 43.3 Å². The first kappa shape index (κ1) is 16.2. The Morgan fingerprint density at radius 3 is 2.78 bits per heavy atom. The predicted octanol–water partition coefficient (Wildman–Crippen LogP) is 4.64. The van der Waals surface area contributed by atoms with E-state index in [2.05, 4.69) is 15.5 Å². The number of hydrogen-bond donors (Lipinski definition) is 1. The van der Waals surface area contributed by atoms with E-state index < -0.39 is 0 Å². The van der Waals surface area contributed by atoms with Gasteiger partial charge in [0.15, 0.2) is 0 Å². The molecule has 3 rings (SSSR count). The zero-order valence-corrected chi connectivity index (χ0v) is 14.8. The summed E-state index contributed by atoms with van der Waals surface area (Å²) in [7, 11) is 0. The molecule has 1 heterocycles. The fraction of sp³-hybridized carbons (Fsp3) is 0.188. The van der Waals surface area contributed by atoms with Gasteiger partial charge in [-0.25, -0.2) is 0 Å². The molecule has 0 radical (unpaired) electrons. The number of aromatic nitrogens is 2. The van der Waals surface area contributed by atoms with Gasteiger partial charge in [0, 0.05) is 15.3 Å². The summed E-state index contributed by atoms with van der Waals surface area (Å²) < 4.78 is 0. The average molecular weight is 364 g/mol. The summed E-state index contributed by atoms with van der Waals surface area (Å²) in [4.78, 5) is 13.1. The summed E-state index contributed by atoms with van der Waals surface area (Å²) in [6, 6.07) is 11.8. The molecule has 0 atom stereocenters. The van der Waals surface area contributed by atoms with Crippen molar-refractivity contribution < 1.29 is 4.79 Å². The lowest BCUT2D eigenvalue weighted by atomic mass is 10.1. The lowest BCUT2D eigenvalue weighted by Gasteiger charge is -2.07. The summed E-state index contributed by atoms with van der Waals surface area (Å²) in [5.74, 6) is 0.198. The highest BCUT2D eigenvalue weighted by Crippen LogP contribution is 2.33. The van der Waals surface area contributed by atoms with Crippen LogP contribution in [0, 0.1) is 0 Å². The number of halogens is 1. The van der Waals surface area contributed by atoms with E-state index in [1.54, 1.807) is 0 Å². The number of benzene rings is 2. The third-order valence-corrected chi connectivity index (χ3v) is 5.55. The van der Waals surface area contributed by atoms with Crippen LogP contribution < -0.4 is 5.32 Å². The van der Waals surface area contributed by atoms with Crippen LogP contribution in [0.25, 0.3) is 10.8 Å². The molecule has 0 saturated carbocycles. The highest BCUT2D eigenvalue weighted by molar-refractivity contribution is 8.00. The third-order valence-electron chi connectivity index (χ3n) is 3.19. The van der Waals surface area contributed by atoms with Gasteiger partial charge < -0.3 is 0 Å². The SMILES string of the molecule is CCc1nnc(NC(=O)CSc2cccc3cccc(Cl)c23)s1. The first-order chi connectivity index (χ1) is 11.2. The van der Waals surface area contributed by atoms with Crippen LogP contribution in [0.1, 0.15) is 11.9 Å². The Morgan fingerprint density at radius 1 is 1.26 bits per heavy atom. The van der Waals surface area contributed by atoms with Crippen molar-refractivity contribution >= 4 is 56.5 Å². The van der Waals surface area contributed by atoms with Gasteiger partial charge in [-0.1, -0.05) is 54.1 Å². The van der Waals surface area contributed by atoms with E-state index in [0.29, 0.717) is 15.9 Å².